The van der Waals surface area contributed by atoms with Crippen molar-refractivity contribution in [3.63, 3.8) is 0 Å². The molecule has 0 radical (unpaired) electrons. The number of piperidine rings is 1. The quantitative estimate of drug-likeness (QED) is 0.706. The summed E-state index contributed by atoms with van der Waals surface area (Å²) < 4.78 is 1.94. The lowest BCUT2D eigenvalue weighted by Gasteiger charge is -2.30. The molecule has 6 nitrogen and oxygen atoms in total. The van der Waals surface area contributed by atoms with E-state index in [1.807, 2.05) is 47.8 Å². The van der Waals surface area contributed by atoms with E-state index in [1.54, 1.807) is 11.3 Å². The fourth-order valence-corrected chi connectivity index (χ4v) is 4.97. The number of hydrogen-bond donors (Lipinski definition) is 0. The first kappa shape index (κ1) is 16.4. The van der Waals surface area contributed by atoms with Gasteiger partial charge in [-0.05, 0) is 38.8 Å². The molecule has 4 heterocycles. The Kier molecular flexibility index (Phi) is 4.39. The minimum Gasteiger partial charge on any atom is -0.338 e. The number of rotatable bonds is 3. The van der Waals surface area contributed by atoms with Crippen molar-refractivity contribution in [1.82, 2.24) is 24.6 Å². The molecule has 0 aliphatic carbocycles. The van der Waals surface area contributed by atoms with Gasteiger partial charge in [0, 0.05) is 31.4 Å². The predicted octanol–water partition coefficient (Wildman–Crippen LogP) is 3.42. The van der Waals surface area contributed by atoms with Crippen LogP contribution in [-0.2, 0) is 0 Å². The second-order valence-corrected chi connectivity index (χ2v) is 8.42. The van der Waals surface area contributed by atoms with Crippen LogP contribution in [0.25, 0.3) is 5.13 Å². The predicted molar refractivity (Wildman–Crippen MR) is 98.7 cm³/mol. The van der Waals surface area contributed by atoms with Crippen LogP contribution in [0.1, 0.15) is 44.1 Å². The highest BCUT2D eigenvalue weighted by Crippen LogP contribution is 2.31. The largest absolute Gasteiger partial charge is 0.338 e. The normalized spacial score (nSPS) is 15.7. The molecule has 1 aliphatic heterocycles. The maximum absolute atomic E-state index is 12.9. The Balaban J connectivity index is 1.46. The van der Waals surface area contributed by atoms with Crippen LogP contribution in [0, 0.1) is 13.8 Å². The molecule has 0 spiro atoms. The third-order valence-corrected chi connectivity index (χ3v) is 6.64. The Bertz CT molecular complexity index is 875. The third kappa shape index (κ3) is 3.23. The molecule has 8 heteroatoms. The lowest BCUT2D eigenvalue weighted by atomic mass is 9.97. The van der Waals surface area contributed by atoms with Crippen LogP contribution in [0.3, 0.4) is 0 Å². The van der Waals surface area contributed by atoms with E-state index in [4.69, 9.17) is 0 Å². The molecule has 0 N–H and O–H groups in total. The van der Waals surface area contributed by atoms with Gasteiger partial charge in [-0.2, -0.15) is 0 Å². The smallest absolute Gasteiger partial charge is 0.265 e. The van der Waals surface area contributed by atoms with Crippen molar-refractivity contribution in [2.24, 2.45) is 0 Å². The van der Waals surface area contributed by atoms with Gasteiger partial charge in [-0.25, -0.2) is 4.98 Å². The van der Waals surface area contributed by atoms with Gasteiger partial charge in [-0.15, -0.1) is 21.5 Å². The van der Waals surface area contributed by atoms with Crippen molar-refractivity contribution in [2.75, 3.05) is 13.1 Å². The molecule has 3 aromatic heterocycles. The Morgan fingerprint density at radius 3 is 2.48 bits per heavy atom. The maximum atomic E-state index is 12.9. The fraction of sp³-hybridized carbons (Fsp3) is 0.412. The molecule has 25 heavy (non-hydrogen) atoms. The molecule has 3 aromatic rings. The van der Waals surface area contributed by atoms with E-state index in [1.165, 1.54) is 11.3 Å². The van der Waals surface area contributed by atoms with Gasteiger partial charge in [0.2, 0.25) is 0 Å². The lowest BCUT2D eigenvalue weighted by Crippen LogP contribution is -2.37. The average molecular weight is 374 g/mol. The van der Waals surface area contributed by atoms with Crippen LogP contribution >= 0.6 is 22.7 Å². The number of aromatic nitrogens is 4. The number of hydrogen-bond acceptors (Lipinski definition) is 6. The average Bonchev–Trinajstić information content (AvgIpc) is 3.35. The van der Waals surface area contributed by atoms with Gasteiger partial charge in [-0.1, -0.05) is 11.3 Å². The Morgan fingerprint density at radius 1 is 1.12 bits per heavy atom. The SMILES string of the molecule is Cc1nnc(C2CCN(C(=O)c3sc(-n4cccc4)nc3C)CC2)s1. The van der Waals surface area contributed by atoms with E-state index in [-0.39, 0.29) is 5.91 Å². The highest BCUT2D eigenvalue weighted by Gasteiger charge is 2.28. The van der Waals surface area contributed by atoms with Crippen molar-refractivity contribution < 1.29 is 4.79 Å². The Morgan fingerprint density at radius 2 is 1.84 bits per heavy atom. The number of carbonyl (C=O) groups is 1. The minimum absolute atomic E-state index is 0.0975. The van der Waals surface area contributed by atoms with Gasteiger partial charge in [-0.3, -0.25) is 4.79 Å². The lowest BCUT2D eigenvalue weighted by molar-refractivity contribution is 0.0717. The van der Waals surface area contributed by atoms with E-state index in [9.17, 15) is 4.79 Å². The minimum atomic E-state index is 0.0975. The standard InChI is InChI=1S/C17H19N5OS2/c1-11-14(25-17(18-11)22-7-3-4-8-22)16(23)21-9-5-13(6-10-21)15-20-19-12(2)24-15/h3-4,7-8,13H,5-6,9-10H2,1-2H3. The highest BCUT2D eigenvalue weighted by molar-refractivity contribution is 7.16. The van der Waals surface area contributed by atoms with Crippen LogP contribution in [0.4, 0.5) is 0 Å². The number of carbonyl (C=O) groups excluding carboxylic acids is 1. The van der Waals surface area contributed by atoms with Crippen LogP contribution in [0.5, 0.6) is 0 Å². The molecule has 0 unspecified atom stereocenters. The number of nitrogens with zero attached hydrogens (tertiary/aromatic N) is 5. The van der Waals surface area contributed by atoms with Gasteiger partial charge < -0.3 is 9.47 Å². The number of thiazole rings is 1. The topological polar surface area (TPSA) is 63.9 Å². The molecule has 1 saturated heterocycles. The summed E-state index contributed by atoms with van der Waals surface area (Å²) in [5, 5.41) is 11.3. The fourth-order valence-electron chi connectivity index (χ4n) is 3.10. The van der Waals surface area contributed by atoms with Gasteiger partial charge in [0.05, 0.1) is 5.69 Å². The van der Waals surface area contributed by atoms with E-state index in [0.717, 1.165) is 51.6 Å². The van der Waals surface area contributed by atoms with Crippen LogP contribution in [0.2, 0.25) is 0 Å². The van der Waals surface area contributed by atoms with Gasteiger partial charge >= 0.3 is 0 Å². The van der Waals surface area contributed by atoms with Crippen molar-refractivity contribution in [1.29, 1.82) is 0 Å². The van der Waals surface area contributed by atoms with Crippen molar-refractivity contribution in [3.8, 4) is 5.13 Å². The molecule has 1 fully saturated rings. The Labute approximate surface area is 154 Å². The summed E-state index contributed by atoms with van der Waals surface area (Å²) in [6.45, 7) is 5.42. The van der Waals surface area contributed by atoms with Gasteiger partial charge in [0.15, 0.2) is 5.13 Å². The van der Waals surface area contributed by atoms with Crippen molar-refractivity contribution in [3.05, 3.63) is 45.1 Å². The van der Waals surface area contributed by atoms with Crippen LogP contribution < -0.4 is 0 Å². The van der Waals surface area contributed by atoms with Gasteiger partial charge in [0.25, 0.3) is 5.91 Å². The molecule has 1 amide bonds. The first-order valence-corrected chi connectivity index (χ1v) is 9.95. The summed E-state index contributed by atoms with van der Waals surface area (Å²) in [6, 6.07) is 3.91. The molecular formula is C17H19N5OS2. The molecular weight excluding hydrogens is 354 g/mol. The summed E-state index contributed by atoms with van der Waals surface area (Å²) in [7, 11) is 0. The first-order chi connectivity index (χ1) is 12.1. The van der Waals surface area contributed by atoms with E-state index >= 15 is 0 Å². The zero-order valence-corrected chi connectivity index (χ0v) is 15.8. The number of likely N-dealkylation sites (tertiary alicyclic amines) is 1. The monoisotopic (exact) mass is 373 g/mol. The number of aryl methyl sites for hydroxylation is 2. The van der Waals surface area contributed by atoms with E-state index in [2.05, 4.69) is 15.2 Å². The molecule has 0 atom stereocenters. The summed E-state index contributed by atoms with van der Waals surface area (Å²) >= 11 is 3.13. The van der Waals surface area contributed by atoms with E-state index < -0.39 is 0 Å². The molecule has 4 rings (SSSR count). The molecule has 0 bridgehead atoms. The molecule has 0 aromatic carbocycles. The summed E-state index contributed by atoms with van der Waals surface area (Å²) in [5.74, 6) is 0.522. The number of amides is 1. The van der Waals surface area contributed by atoms with Gasteiger partial charge in [0.1, 0.15) is 14.9 Å². The second kappa shape index (κ2) is 6.68. The second-order valence-electron chi connectivity index (χ2n) is 6.23. The molecule has 130 valence electrons. The summed E-state index contributed by atoms with van der Waals surface area (Å²) in [4.78, 5) is 20.2. The zero-order valence-electron chi connectivity index (χ0n) is 14.2. The maximum Gasteiger partial charge on any atom is 0.265 e. The van der Waals surface area contributed by atoms with E-state index in [0.29, 0.717) is 5.92 Å². The first-order valence-electron chi connectivity index (χ1n) is 8.32. The van der Waals surface area contributed by atoms with Crippen molar-refractivity contribution in [2.45, 2.75) is 32.6 Å². The summed E-state index contributed by atoms with van der Waals surface area (Å²) in [6.07, 6.45) is 5.79. The molecule has 0 saturated carbocycles. The zero-order chi connectivity index (χ0) is 17.4. The van der Waals surface area contributed by atoms with Crippen LogP contribution in [-0.4, -0.2) is 43.6 Å². The van der Waals surface area contributed by atoms with Crippen molar-refractivity contribution >= 4 is 28.6 Å². The Hall–Kier alpha value is -2.06. The molecule has 1 aliphatic rings. The highest BCUT2D eigenvalue weighted by atomic mass is 32.1. The third-order valence-electron chi connectivity index (χ3n) is 4.48. The summed E-state index contributed by atoms with van der Waals surface area (Å²) in [5.41, 5.74) is 0.806. The van der Waals surface area contributed by atoms with Crippen LogP contribution in [0.15, 0.2) is 24.5 Å².